The van der Waals surface area contributed by atoms with Crippen LogP contribution in [0.15, 0.2) is 12.4 Å². The smallest absolute Gasteiger partial charge is 0.0692 e. The first-order valence-corrected chi connectivity index (χ1v) is 7.60. The molecule has 0 aromatic carbocycles. The van der Waals surface area contributed by atoms with E-state index >= 15 is 0 Å². The molecule has 108 valence electrons. The van der Waals surface area contributed by atoms with E-state index in [0.717, 1.165) is 31.5 Å². The molecule has 4 heteroatoms. The number of hydrogen-bond donors (Lipinski definition) is 1. The van der Waals surface area contributed by atoms with Crippen molar-refractivity contribution in [2.24, 2.45) is 17.3 Å². The fraction of sp³-hybridized carbons (Fsp3) is 0.867. The summed E-state index contributed by atoms with van der Waals surface area (Å²) in [7, 11) is 0. The van der Waals surface area contributed by atoms with Crippen LogP contribution in [0.2, 0.25) is 0 Å². The van der Waals surface area contributed by atoms with Crippen LogP contribution >= 0.6 is 0 Å². The lowest BCUT2D eigenvalue weighted by molar-refractivity contribution is 0.149. The maximum absolute atomic E-state index is 3.96. The molecule has 4 nitrogen and oxygen atoms in total. The molecule has 1 aliphatic carbocycles. The Kier molecular flexibility index (Phi) is 4.97. The molecule has 19 heavy (non-hydrogen) atoms. The first-order chi connectivity index (χ1) is 9.05. The van der Waals surface area contributed by atoms with Gasteiger partial charge in [0.15, 0.2) is 0 Å². The Balaban J connectivity index is 1.58. The fourth-order valence-corrected chi connectivity index (χ4v) is 3.08. The molecular formula is C15H28N4. The monoisotopic (exact) mass is 264 g/mol. The van der Waals surface area contributed by atoms with Crippen molar-refractivity contribution in [1.82, 2.24) is 20.3 Å². The third kappa shape index (κ3) is 4.60. The Bertz CT molecular complexity index is 345. The molecule has 1 aromatic rings. The molecule has 0 amide bonds. The van der Waals surface area contributed by atoms with Crippen LogP contribution in [0.1, 0.15) is 46.5 Å². The number of nitrogens with one attached hydrogen (secondary N) is 1. The lowest BCUT2D eigenvalue weighted by atomic mass is 9.70. The maximum atomic E-state index is 3.96. The Labute approximate surface area is 117 Å². The van der Waals surface area contributed by atoms with Gasteiger partial charge in [-0.05, 0) is 49.5 Å². The second-order valence-corrected chi connectivity index (χ2v) is 6.95. The van der Waals surface area contributed by atoms with E-state index in [2.05, 4.69) is 36.4 Å². The van der Waals surface area contributed by atoms with Crippen molar-refractivity contribution in [3.63, 3.8) is 0 Å². The van der Waals surface area contributed by atoms with Gasteiger partial charge in [-0.1, -0.05) is 26.0 Å². The molecule has 1 aliphatic rings. The van der Waals surface area contributed by atoms with Crippen molar-refractivity contribution in [2.45, 2.75) is 53.0 Å². The molecule has 1 fully saturated rings. The van der Waals surface area contributed by atoms with Crippen molar-refractivity contribution in [3.05, 3.63) is 12.4 Å². The highest BCUT2D eigenvalue weighted by Crippen LogP contribution is 2.39. The van der Waals surface area contributed by atoms with Gasteiger partial charge >= 0.3 is 0 Å². The summed E-state index contributed by atoms with van der Waals surface area (Å²) in [5, 5.41) is 11.3. The molecule has 0 saturated heterocycles. The third-order valence-electron chi connectivity index (χ3n) is 4.49. The average molecular weight is 264 g/mol. The van der Waals surface area contributed by atoms with Crippen molar-refractivity contribution < 1.29 is 0 Å². The number of hydrogen-bond acceptors (Lipinski definition) is 3. The summed E-state index contributed by atoms with van der Waals surface area (Å²) in [5.74, 6) is 1.79. The van der Waals surface area contributed by atoms with E-state index in [9.17, 15) is 0 Å². The first kappa shape index (κ1) is 14.5. The van der Waals surface area contributed by atoms with E-state index in [0.29, 0.717) is 5.41 Å². The summed E-state index contributed by atoms with van der Waals surface area (Å²) in [6.45, 7) is 10.2. The minimum atomic E-state index is 0.492. The quantitative estimate of drug-likeness (QED) is 0.832. The summed E-state index contributed by atoms with van der Waals surface area (Å²) >= 11 is 0. The largest absolute Gasteiger partial charge is 0.315 e. The van der Waals surface area contributed by atoms with Crippen molar-refractivity contribution in [1.29, 1.82) is 0 Å². The van der Waals surface area contributed by atoms with Crippen LogP contribution in [0.4, 0.5) is 0 Å². The van der Waals surface area contributed by atoms with Gasteiger partial charge < -0.3 is 5.32 Å². The van der Waals surface area contributed by atoms with E-state index in [1.54, 1.807) is 6.20 Å². The van der Waals surface area contributed by atoms with Gasteiger partial charge in [-0.25, -0.2) is 0 Å². The summed E-state index contributed by atoms with van der Waals surface area (Å²) in [6, 6.07) is 0. The molecule has 0 atom stereocenters. The molecule has 0 spiro atoms. The van der Waals surface area contributed by atoms with E-state index in [-0.39, 0.29) is 0 Å². The predicted octanol–water partition coefficient (Wildman–Crippen LogP) is 2.72. The zero-order chi connectivity index (χ0) is 13.7. The molecule has 0 bridgehead atoms. The molecule has 1 N–H and O–H groups in total. The van der Waals surface area contributed by atoms with E-state index < -0.39 is 0 Å². The number of rotatable bonds is 5. The van der Waals surface area contributed by atoms with Gasteiger partial charge in [0.25, 0.3) is 0 Å². The molecule has 2 rings (SSSR count). The van der Waals surface area contributed by atoms with Crippen LogP contribution in [0, 0.1) is 17.3 Å². The van der Waals surface area contributed by atoms with Gasteiger partial charge in [-0.2, -0.15) is 0 Å². The summed E-state index contributed by atoms with van der Waals surface area (Å²) in [5.41, 5.74) is 0.492. The highest BCUT2D eigenvalue weighted by molar-refractivity contribution is 4.81. The Morgan fingerprint density at radius 2 is 1.95 bits per heavy atom. The Hall–Kier alpha value is -0.900. The SMILES string of the molecule is CC(C)(C)C1CCC(CNCCn2ccnn2)CC1. The summed E-state index contributed by atoms with van der Waals surface area (Å²) < 4.78 is 1.88. The van der Waals surface area contributed by atoms with Gasteiger partial charge in [-0.3, -0.25) is 4.68 Å². The highest BCUT2D eigenvalue weighted by atomic mass is 15.4. The van der Waals surface area contributed by atoms with Crippen LogP contribution < -0.4 is 5.32 Å². The van der Waals surface area contributed by atoms with Crippen molar-refractivity contribution in [3.8, 4) is 0 Å². The average Bonchev–Trinajstić information content (AvgIpc) is 2.87. The fourth-order valence-electron chi connectivity index (χ4n) is 3.08. The van der Waals surface area contributed by atoms with Crippen molar-refractivity contribution in [2.75, 3.05) is 13.1 Å². The van der Waals surface area contributed by atoms with E-state index in [4.69, 9.17) is 0 Å². The van der Waals surface area contributed by atoms with E-state index in [1.807, 2.05) is 10.9 Å². The molecule has 1 aromatic heterocycles. The maximum Gasteiger partial charge on any atom is 0.0692 e. The lowest BCUT2D eigenvalue weighted by Crippen LogP contribution is -2.32. The second kappa shape index (κ2) is 6.51. The van der Waals surface area contributed by atoms with Crippen molar-refractivity contribution >= 4 is 0 Å². The normalized spacial score (nSPS) is 24.6. The summed E-state index contributed by atoms with van der Waals surface area (Å²) in [4.78, 5) is 0. The van der Waals surface area contributed by atoms with Crippen LogP contribution in [0.25, 0.3) is 0 Å². The minimum Gasteiger partial charge on any atom is -0.315 e. The van der Waals surface area contributed by atoms with E-state index in [1.165, 1.54) is 25.7 Å². The van der Waals surface area contributed by atoms with Crippen LogP contribution in [-0.2, 0) is 6.54 Å². The third-order valence-corrected chi connectivity index (χ3v) is 4.49. The van der Waals surface area contributed by atoms with Crippen LogP contribution in [-0.4, -0.2) is 28.1 Å². The van der Waals surface area contributed by atoms with Crippen LogP contribution in [0.3, 0.4) is 0 Å². The molecule has 0 aliphatic heterocycles. The van der Waals surface area contributed by atoms with Gasteiger partial charge in [0.05, 0.1) is 12.7 Å². The molecule has 0 radical (unpaired) electrons. The minimum absolute atomic E-state index is 0.492. The van der Waals surface area contributed by atoms with Gasteiger partial charge in [0, 0.05) is 12.7 Å². The standard InChI is InChI=1S/C15H28N4/c1-15(2,3)14-6-4-13(5-7-14)12-16-8-10-19-11-9-17-18-19/h9,11,13-14,16H,4-8,10,12H2,1-3H3. The molecule has 1 heterocycles. The molecule has 0 unspecified atom stereocenters. The van der Waals surface area contributed by atoms with Gasteiger partial charge in [-0.15, -0.1) is 5.10 Å². The second-order valence-electron chi connectivity index (χ2n) is 6.95. The topological polar surface area (TPSA) is 42.7 Å². The highest BCUT2D eigenvalue weighted by Gasteiger charge is 2.29. The Morgan fingerprint density at radius 1 is 1.21 bits per heavy atom. The zero-order valence-electron chi connectivity index (χ0n) is 12.6. The predicted molar refractivity (Wildman–Crippen MR) is 77.8 cm³/mol. The molecular weight excluding hydrogens is 236 g/mol. The van der Waals surface area contributed by atoms with Crippen LogP contribution in [0.5, 0.6) is 0 Å². The number of nitrogens with zero attached hydrogens (tertiary/aromatic N) is 3. The lowest BCUT2D eigenvalue weighted by Gasteiger charge is -2.37. The van der Waals surface area contributed by atoms with Gasteiger partial charge in [0.2, 0.25) is 0 Å². The molecule has 1 saturated carbocycles. The van der Waals surface area contributed by atoms with Gasteiger partial charge in [0.1, 0.15) is 0 Å². The first-order valence-electron chi connectivity index (χ1n) is 7.60. The number of aromatic nitrogens is 3. The Morgan fingerprint density at radius 3 is 2.53 bits per heavy atom. The zero-order valence-corrected chi connectivity index (χ0v) is 12.6. The summed E-state index contributed by atoms with van der Waals surface area (Å²) in [6.07, 6.45) is 9.22.